The lowest BCUT2D eigenvalue weighted by atomic mass is 10.1. The zero-order valence-electron chi connectivity index (χ0n) is 6.21. The van der Waals surface area contributed by atoms with Gasteiger partial charge >= 0.3 is 0 Å². The van der Waals surface area contributed by atoms with Crippen LogP contribution in [0.15, 0.2) is 11.8 Å². The number of hydrogen-bond donors (Lipinski definition) is 1. The second kappa shape index (κ2) is 3.22. The van der Waals surface area contributed by atoms with E-state index in [1.165, 1.54) is 0 Å². The number of nitrogens with two attached hydrogens (primary N) is 1. The van der Waals surface area contributed by atoms with Crippen LogP contribution in [0.25, 0.3) is 0 Å². The first kappa shape index (κ1) is 7.83. The van der Waals surface area contributed by atoms with Crippen LogP contribution in [0.5, 0.6) is 0 Å². The molecule has 0 aromatic rings. The molecule has 2 N–H and O–H groups in total. The summed E-state index contributed by atoms with van der Waals surface area (Å²) < 4.78 is 0. The molecule has 0 aromatic heterocycles. The minimum atomic E-state index is 0.0391. The van der Waals surface area contributed by atoms with E-state index in [1.807, 2.05) is 4.90 Å². The smallest absolute Gasteiger partial charge is 0.174 e. The Balaban J connectivity index is 2.79. The molecule has 0 radical (unpaired) electrons. The molecule has 0 aromatic carbocycles. The van der Waals surface area contributed by atoms with Gasteiger partial charge in [0.1, 0.15) is 0 Å². The zero-order chi connectivity index (χ0) is 8.27. The largest absolute Gasteiger partial charge is 0.363 e. The van der Waals surface area contributed by atoms with Gasteiger partial charge in [0.25, 0.3) is 0 Å². The van der Waals surface area contributed by atoms with E-state index in [-0.39, 0.29) is 5.78 Å². The molecule has 0 saturated heterocycles. The predicted octanol–water partition coefficient (Wildman–Crippen LogP) is -0.306. The van der Waals surface area contributed by atoms with Crippen molar-refractivity contribution in [3.63, 3.8) is 0 Å². The number of hydrogen-bond acceptors (Lipinski definition) is 3. The minimum Gasteiger partial charge on any atom is -0.363 e. The second-order valence-corrected chi connectivity index (χ2v) is 2.36. The minimum absolute atomic E-state index is 0.0391. The Kier molecular flexibility index (Phi) is 2.29. The molecule has 58 valence electrons. The number of nitrogens with zero attached hydrogens (tertiary/aromatic N) is 1. The van der Waals surface area contributed by atoms with E-state index in [4.69, 9.17) is 12.2 Å². The molecule has 3 nitrogen and oxygen atoms in total. The molecule has 11 heavy (non-hydrogen) atoms. The first-order valence-electron chi connectivity index (χ1n) is 3.43. The van der Waals surface area contributed by atoms with Crippen LogP contribution in [0, 0.1) is 12.3 Å². The van der Waals surface area contributed by atoms with Crippen molar-refractivity contribution in [2.24, 2.45) is 5.73 Å². The topological polar surface area (TPSA) is 46.3 Å². The van der Waals surface area contributed by atoms with Crippen LogP contribution in [0.1, 0.15) is 6.42 Å². The first-order valence-corrected chi connectivity index (χ1v) is 3.43. The fourth-order valence-corrected chi connectivity index (χ4v) is 0.961. The maximum Gasteiger partial charge on any atom is 0.174 e. The first-order chi connectivity index (χ1) is 5.27. The molecule has 0 bridgehead atoms. The van der Waals surface area contributed by atoms with E-state index in [0.717, 1.165) is 0 Å². The van der Waals surface area contributed by atoms with Crippen LogP contribution in [0.2, 0.25) is 0 Å². The van der Waals surface area contributed by atoms with Gasteiger partial charge in [0.05, 0.1) is 12.2 Å². The fourth-order valence-electron chi connectivity index (χ4n) is 0.961. The number of Topliss-reactive ketones (excluding diaryl/α,β-unsaturated/α-hetero) is 1. The normalized spacial score (nSPS) is 17.6. The highest BCUT2D eigenvalue weighted by atomic mass is 16.1. The Morgan fingerprint density at radius 2 is 2.55 bits per heavy atom. The lowest BCUT2D eigenvalue weighted by molar-refractivity contribution is -0.116. The van der Waals surface area contributed by atoms with Gasteiger partial charge in [-0.05, 0) is 0 Å². The molecule has 0 saturated carbocycles. The number of ketones is 1. The third-order valence-corrected chi connectivity index (χ3v) is 1.63. The Morgan fingerprint density at radius 3 is 3.09 bits per heavy atom. The van der Waals surface area contributed by atoms with Crippen LogP contribution in [-0.4, -0.2) is 23.9 Å². The Hall–Kier alpha value is -1.27. The SMILES string of the molecule is C#CC1=CN(CN)CCC1=O. The molecule has 0 unspecified atom stereocenters. The van der Waals surface area contributed by atoms with Gasteiger partial charge in [-0.2, -0.15) is 0 Å². The molecule has 0 amide bonds. The van der Waals surface area contributed by atoms with Crippen molar-refractivity contribution in [1.29, 1.82) is 0 Å². The Morgan fingerprint density at radius 1 is 1.82 bits per heavy atom. The van der Waals surface area contributed by atoms with Gasteiger partial charge < -0.3 is 10.6 Å². The quantitative estimate of drug-likeness (QED) is 0.522. The Labute approximate surface area is 65.9 Å². The van der Waals surface area contributed by atoms with Gasteiger partial charge in [-0.15, -0.1) is 6.42 Å². The molecule has 1 aliphatic heterocycles. The van der Waals surface area contributed by atoms with Gasteiger partial charge in [-0.25, -0.2) is 0 Å². The summed E-state index contributed by atoms with van der Waals surface area (Å²) in [6.45, 7) is 1.10. The summed E-state index contributed by atoms with van der Waals surface area (Å²) in [7, 11) is 0. The van der Waals surface area contributed by atoms with Crippen molar-refractivity contribution in [2.45, 2.75) is 6.42 Å². The number of terminal acetylenes is 1. The van der Waals surface area contributed by atoms with Gasteiger partial charge in [0.15, 0.2) is 5.78 Å². The molecule has 0 fully saturated rings. The Bertz CT molecular complexity index is 237. The molecule has 0 aliphatic carbocycles. The molecule has 0 atom stereocenters. The summed E-state index contributed by atoms with van der Waals surface area (Å²) in [5, 5.41) is 0. The second-order valence-electron chi connectivity index (χ2n) is 2.36. The van der Waals surface area contributed by atoms with E-state index in [9.17, 15) is 4.79 Å². The summed E-state index contributed by atoms with van der Waals surface area (Å²) in [4.78, 5) is 12.8. The van der Waals surface area contributed by atoms with Crippen LogP contribution in [0.4, 0.5) is 0 Å². The maximum atomic E-state index is 11.0. The standard InChI is InChI=1S/C8H10N2O/c1-2-7-5-10(6-9)4-3-8(7)11/h1,5H,3-4,6,9H2. The van der Waals surface area contributed by atoms with Crippen molar-refractivity contribution in [2.75, 3.05) is 13.2 Å². The molecular weight excluding hydrogens is 140 g/mol. The fraction of sp³-hybridized carbons (Fsp3) is 0.375. The average Bonchev–Trinajstić information content (AvgIpc) is 2.05. The van der Waals surface area contributed by atoms with Crippen LogP contribution in [0.3, 0.4) is 0 Å². The van der Waals surface area contributed by atoms with Crippen molar-refractivity contribution >= 4 is 5.78 Å². The molecule has 1 aliphatic rings. The highest BCUT2D eigenvalue weighted by Crippen LogP contribution is 2.08. The summed E-state index contributed by atoms with van der Waals surface area (Å²) in [6.07, 6.45) is 7.23. The summed E-state index contributed by atoms with van der Waals surface area (Å²) >= 11 is 0. The van der Waals surface area contributed by atoms with E-state index in [2.05, 4.69) is 5.92 Å². The van der Waals surface area contributed by atoms with Crippen molar-refractivity contribution < 1.29 is 4.79 Å². The monoisotopic (exact) mass is 150 g/mol. The molecular formula is C8H10N2O. The van der Waals surface area contributed by atoms with E-state index in [1.54, 1.807) is 6.20 Å². The third-order valence-electron chi connectivity index (χ3n) is 1.63. The summed E-state index contributed by atoms with van der Waals surface area (Å²) in [5.41, 5.74) is 5.80. The van der Waals surface area contributed by atoms with Gasteiger partial charge in [0, 0.05) is 19.2 Å². The highest BCUT2D eigenvalue weighted by Gasteiger charge is 2.14. The molecule has 1 rings (SSSR count). The van der Waals surface area contributed by atoms with Gasteiger partial charge in [0.2, 0.25) is 0 Å². The lowest BCUT2D eigenvalue weighted by Gasteiger charge is -2.21. The van der Waals surface area contributed by atoms with Crippen LogP contribution in [-0.2, 0) is 4.79 Å². The summed E-state index contributed by atoms with van der Waals surface area (Å²) in [6, 6.07) is 0. The molecule has 0 spiro atoms. The maximum absolute atomic E-state index is 11.0. The van der Waals surface area contributed by atoms with Gasteiger partial charge in [-0.3, -0.25) is 4.79 Å². The van der Waals surface area contributed by atoms with Crippen LogP contribution >= 0.6 is 0 Å². The van der Waals surface area contributed by atoms with Gasteiger partial charge in [-0.1, -0.05) is 5.92 Å². The molecule has 3 heteroatoms. The van der Waals surface area contributed by atoms with Crippen molar-refractivity contribution in [3.05, 3.63) is 11.8 Å². The van der Waals surface area contributed by atoms with Crippen LogP contribution < -0.4 is 5.73 Å². The van der Waals surface area contributed by atoms with E-state index in [0.29, 0.717) is 25.2 Å². The van der Waals surface area contributed by atoms with Crippen molar-refractivity contribution in [1.82, 2.24) is 4.90 Å². The van der Waals surface area contributed by atoms with Crippen molar-refractivity contribution in [3.8, 4) is 12.3 Å². The third kappa shape index (κ3) is 1.60. The number of carbonyl (C=O) groups excluding carboxylic acids is 1. The number of rotatable bonds is 1. The number of carbonyl (C=O) groups is 1. The average molecular weight is 150 g/mol. The number of allylic oxidation sites excluding steroid dienone is 1. The van der Waals surface area contributed by atoms with E-state index >= 15 is 0 Å². The lowest BCUT2D eigenvalue weighted by Crippen LogP contribution is -2.31. The van der Waals surface area contributed by atoms with E-state index < -0.39 is 0 Å². The highest BCUT2D eigenvalue weighted by molar-refractivity contribution is 6.00. The summed E-state index contributed by atoms with van der Waals surface area (Å²) in [5.74, 6) is 2.37. The predicted molar refractivity (Wildman–Crippen MR) is 42.3 cm³/mol. The molecule has 1 heterocycles. The zero-order valence-corrected chi connectivity index (χ0v) is 6.21.